The molecule has 6 nitrogen and oxygen atoms in total. The number of anilines is 1. The molecule has 3 aromatic carbocycles. The summed E-state index contributed by atoms with van der Waals surface area (Å²) >= 11 is 3.42. The quantitative estimate of drug-likeness (QED) is 0.428. The Kier molecular flexibility index (Phi) is 6.76. The zero-order valence-corrected chi connectivity index (χ0v) is 17.1. The van der Waals surface area contributed by atoms with Gasteiger partial charge in [0.2, 0.25) is 0 Å². The van der Waals surface area contributed by atoms with E-state index >= 15 is 0 Å². The molecular formula is C22H18BrN3O3. The third-order valence-electron chi connectivity index (χ3n) is 4.01. The molecule has 2 amide bonds. The van der Waals surface area contributed by atoms with Crippen molar-refractivity contribution in [1.82, 2.24) is 5.43 Å². The van der Waals surface area contributed by atoms with Crippen LogP contribution in [0.15, 0.2) is 82.4 Å². The van der Waals surface area contributed by atoms with Crippen molar-refractivity contribution >= 4 is 39.6 Å². The highest BCUT2D eigenvalue weighted by Gasteiger charge is 2.09. The minimum Gasteiger partial charge on any atom is -0.497 e. The fourth-order valence-electron chi connectivity index (χ4n) is 2.49. The molecule has 0 aliphatic carbocycles. The van der Waals surface area contributed by atoms with Gasteiger partial charge in [-0.2, -0.15) is 5.10 Å². The Morgan fingerprint density at radius 2 is 1.69 bits per heavy atom. The van der Waals surface area contributed by atoms with Crippen LogP contribution in [0.2, 0.25) is 0 Å². The van der Waals surface area contributed by atoms with E-state index in [1.54, 1.807) is 61.9 Å². The number of benzene rings is 3. The molecule has 0 saturated heterocycles. The number of amides is 2. The minimum absolute atomic E-state index is 0.280. The summed E-state index contributed by atoms with van der Waals surface area (Å²) < 4.78 is 5.96. The molecule has 0 aliphatic heterocycles. The first-order chi connectivity index (χ1) is 14.1. The van der Waals surface area contributed by atoms with Crippen molar-refractivity contribution in [3.63, 3.8) is 0 Å². The van der Waals surface area contributed by atoms with Gasteiger partial charge in [0.15, 0.2) is 0 Å². The van der Waals surface area contributed by atoms with Gasteiger partial charge in [0, 0.05) is 26.9 Å². The summed E-state index contributed by atoms with van der Waals surface area (Å²) in [7, 11) is 1.56. The average molecular weight is 452 g/mol. The van der Waals surface area contributed by atoms with Gasteiger partial charge >= 0.3 is 0 Å². The van der Waals surface area contributed by atoms with E-state index in [2.05, 4.69) is 31.8 Å². The molecule has 0 aliphatic rings. The van der Waals surface area contributed by atoms with Gasteiger partial charge in [-0.15, -0.1) is 0 Å². The predicted molar refractivity (Wildman–Crippen MR) is 117 cm³/mol. The maximum Gasteiger partial charge on any atom is 0.271 e. The molecule has 29 heavy (non-hydrogen) atoms. The first kappa shape index (κ1) is 20.3. The Balaban J connectivity index is 1.64. The lowest BCUT2D eigenvalue weighted by Crippen LogP contribution is -2.18. The predicted octanol–water partition coefficient (Wildman–Crippen LogP) is 4.47. The van der Waals surface area contributed by atoms with Crippen molar-refractivity contribution in [2.75, 3.05) is 12.4 Å². The minimum atomic E-state index is -0.381. The van der Waals surface area contributed by atoms with Gasteiger partial charge < -0.3 is 10.1 Å². The van der Waals surface area contributed by atoms with Crippen LogP contribution in [0.25, 0.3) is 0 Å². The van der Waals surface area contributed by atoms with E-state index in [0.29, 0.717) is 22.6 Å². The summed E-state index contributed by atoms with van der Waals surface area (Å²) in [4.78, 5) is 24.7. The highest BCUT2D eigenvalue weighted by molar-refractivity contribution is 9.10. The molecule has 146 valence electrons. The molecule has 2 N–H and O–H groups in total. The number of hydrazone groups is 1. The third kappa shape index (κ3) is 5.52. The van der Waals surface area contributed by atoms with Gasteiger partial charge in [-0.1, -0.05) is 40.2 Å². The van der Waals surface area contributed by atoms with Gasteiger partial charge in [-0.3, -0.25) is 9.59 Å². The molecule has 0 fully saturated rings. The third-order valence-corrected chi connectivity index (χ3v) is 4.73. The first-order valence-corrected chi connectivity index (χ1v) is 9.49. The van der Waals surface area contributed by atoms with E-state index < -0.39 is 0 Å². The van der Waals surface area contributed by atoms with Gasteiger partial charge in [0.1, 0.15) is 5.75 Å². The molecule has 3 aromatic rings. The van der Waals surface area contributed by atoms with Crippen LogP contribution < -0.4 is 15.5 Å². The monoisotopic (exact) mass is 451 g/mol. The van der Waals surface area contributed by atoms with Gasteiger partial charge in [-0.05, 0) is 48.5 Å². The second-order valence-electron chi connectivity index (χ2n) is 5.98. The summed E-state index contributed by atoms with van der Waals surface area (Å²) in [6.45, 7) is 0. The van der Waals surface area contributed by atoms with E-state index in [-0.39, 0.29) is 11.8 Å². The Labute approximate surface area is 176 Å². The van der Waals surface area contributed by atoms with Gasteiger partial charge in [-0.25, -0.2) is 5.43 Å². The van der Waals surface area contributed by atoms with Crippen LogP contribution in [0.1, 0.15) is 26.3 Å². The number of rotatable bonds is 6. The Morgan fingerprint density at radius 3 is 2.41 bits per heavy atom. The Bertz CT molecular complexity index is 1050. The number of hydrogen-bond acceptors (Lipinski definition) is 4. The van der Waals surface area contributed by atoms with E-state index in [9.17, 15) is 9.59 Å². The van der Waals surface area contributed by atoms with Crippen molar-refractivity contribution < 1.29 is 14.3 Å². The fourth-order valence-corrected chi connectivity index (χ4v) is 2.88. The molecule has 0 bridgehead atoms. The number of carbonyl (C=O) groups excluding carboxylic acids is 2. The number of methoxy groups -OCH3 is 1. The molecule has 7 heteroatoms. The number of hydrogen-bond donors (Lipinski definition) is 2. The molecular weight excluding hydrogens is 434 g/mol. The van der Waals surface area contributed by atoms with Crippen LogP contribution in [-0.2, 0) is 0 Å². The van der Waals surface area contributed by atoms with Crippen molar-refractivity contribution in [3.8, 4) is 5.75 Å². The largest absolute Gasteiger partial charge is 0.497 e. The summed E-state index contributed by atoms with van der Waals surface area (Å²) in [6, 6.07) is 20.9. The van der Waals surface area contributed by atoms with E-state index in [4.69, 9.17) is 4.74 Å². The van der Waals surface area contributed by atoms with Crippen LogP contribution in [0, 0.1) is 0 Å². The second kappa shape index (κ2) is 9.66. The van der Waals surface area contributed by atoms with Crippen molar-refractivity contribution in [3.05, 3.63) is 94.0 Å². The SMILES string of the molecule is COc1ccc(C(=O)Nc2cccc(C(=O)NN=Cc3ccccc3Br)c2)cc1. The number of ether oxygens (including phenoxy) is 1. The number of nitrogens with zero attached hydrogens (tertiary/aromatic N) is 1. The molecule has 0 radical (unpaired) electrons. The highest BCUT2D eigenvalue weighted by Crippen LogP contribution is 2.16. The standard InChI is InChI=1S/C22H18BrN3O3/c1-29-19-11-9-15(10-12-19)21(27)25-18-7-4-6-16(13-18)22(28)26-24-14-17-5-2-3-8-20(17)23/h2-14H,1H3,(H,25,27)(H,26,28). The second-order valence-corrected chi connectivity index (χ2v) is 6.84. The number of carbonyl (C=O) groups is 2. The van der Waals surface area contributed by atoms with E-state index in [0.717, 1.165) is 10.0 Å². The molecule has 3 rings (SSSR count). The van der Waals surface area contributed by atoms with E-state index in [1.807, 2.05) is 24.3 Å². The average Bonchev–Trinajstić information content (AvgIpc) is 2.75. The number of halogens is 1. The zero-order valence-electron chi connectivity index (χ0n) is 15.6. The molecule has 0 spiro atoms. The first-order valence-electron chi connectivity index (χ1n) is 8.70. The van der Waals surface area contributed by atoms with Crippen LogP contribution in [0.3, 0.4) is 0 Å². The summed E-state index contributed by atoms with van der Waals surface area (Å²) in [5, 5.41) is 6.76. The van der Waals surface area contributed by atoms with Gasteiger partial charge in [0.25, 0.3) is 11.8 Å². The van der Waals surface area contributed by atoms with E-state index in [1.165, 1.54) is 0 Å². The maximum atomic E-state index is 12.4. The smallest absolute Gasteiger partial charge is 0.271 e. The molecule has 0 saturated carbocycles. The lowest BCUT2D eigenvalue weighted by atomic mass is 10.1. The maximum absolute atomic E-state index is 12.4. The Morgan fingerprint density at radius 1 is 0.931 bits per heavy atom. The molecule has 0 heterocycles. The zero-order chi connectivity index (χ0) is 20.6. The normalized spacial score (nSPS) is 10.6. The molecule has 0 atom stereocenters. The summed E-state index contributed by atoms with van der Waals surface area (Å²) in [5.41, 5.74) is 4.69. The lowest BCUT2D eigenvalue weighted by molar-refractivity contribution is 0.0953. The van der Waals surface area contributed by atoms with Crippen LogP contribution >= 0.6 is 15.9 Å². The number of nitrogens with one attached hydrogen (secondary N) is 2. The lowest BCUT2D eigenvalue weighted by Gasteiger charge is -2.08. The summed E-state index contributed by atoms with van der Waals surface area (Å²) in [5.74, 6) is 0.00863. The van der Waals surface area contributed by atoms with Crippen molar-refractivity contribution in [2.24, 2.45) is 5.10 Å². The fraction of sp³-hybridized carbons (Fsp3) is 0.0455. The van der Waals surface area contributed by atoms with Crippen LogP contribution in [-0.4, -0.2) is 25.1 Å². The van der Waals surface area contributed by atoms with Crippen LogP contribution in [0.5, 0.6) is 5.75 Å². The van der Waals surface area contributed by atoms with Crippen molar-refractivity contribution in [1.29, 1.82) is 0 Å². The topological polar surface area (TPSA) is 79.8 Å². The molecule has 0 aromatic heterocycles. The van der Waals surface area contributed by atoms with Gasteiger partial charge in [0.05, 0.1) is 13.3 Å². The van der Waals surface area contributed by atoms with Crippen molar-refractivity contribution in [2.45, 2.75) is 0 Å². The Hall–Kier alpha value is -3.45. The van der Waals surface area contributed by atoms with Crippen LogP contribution in [0.4, 0.5) is 5.69 Å². The summed E-state index contributed by atoms with van der Waals surface area (Å²) in [6.07, 6.45) is 1.55. The molecule has 0 unspecified atom stereocenters. The highest BCUT2D eigenvalue weighted by atomic mass is 79.9.